The fourth-order valence-electron chi connectivity index (χ4n) is 4.64. The third kappa shape index (κ3) is 3.58. The second kappa shape index (κ2) is 7.67. The molecule has 0 aromatic heterocycles. The van der Waals surface area contributed by atoms with Gasteiger partial charge in [-0.3, -0.25) is 4.90 Å². The van der Waals surface area contributed by atoms with Crippen LogP contribution in [-0.4, -0.2) is 36.7 Å². The second-order valence-electron chi connectivity index (χ2n) is 9.36. The molecular weight excluding hydrogens is 399 g/mol. The Balaban J connectivity index is 2.25. The molecule has 0 unspecified atom stereocenters. The fourth-order valence-corrected chi connectivity index (χ4v) is 4.64. The molecular formula is C24H29FN2O4. The van der Waals surface area contributed by atoms with Gasteiger partial charge in [-0.25, -0.2) is 20.6 Å². The molecule has 7 heteroatoms. The third-order valence-corrected chi connectivity index (χ3v) is 6.24. The normalized spacial score (nSPS) is 23.3. The van der Waals surface area contributed by atoms with Gasteiger partial charge in [-0.2, -0.15) is 0 Å². The summed E-state index contributed by atoms with van der Waals surface area (Å²) >= 11 is 0. The highest BCUT2D eigenvalue weighted by atomic mass is 19.1. The molecule has 0 radical (unpaired) electrons. The number of nitrogens with zero attached hydrogens (tertiary/aromatic N) is 2. The molecule has 1 aromatic carbocycles. The zero-order valence-electron chi connectivity index (χ0n) is 18.8. The third-order valence-electron chi connectivity index (χ3n) is 6.24. The quantitative estimate of drug-likeness (QED) is 0.387. The van der Waals surface area contributed by atoms with Crippen molar-refractivity contribution in [1.29, 1.82) is 0 Å². The number of hydrogen-bond acceptors (Lipinski definition) is 4. The molecule has 31 heavy (non-hydrogen) atoms. The Hall–Kier alpha value is -2.88. The summed E-state index contributed by atoms with van der Waals surface area (Å²) in [5, 5.41) is 0. The van der Waals surface area contributed by atoms with E-state index >= 15 is 4.39 Å². The Labute approximate surface area is 182 Å². The van der Waals surface area contributed by atoms with Crippen LogP contribution >= 0.6 is 0 Å². The van der Waals surface area contributed by atoms with Crippen molar-refractivity contribution in [2.75, 3.05) is 14.2 Å². The van der Waals surface area contributed by atoms with Crippen molar-refractivity contribution in [3.63, 3.8) is 0 Å². The van der Waals surface area contributed by atoms with Gasteiger partial charge in [0, 0.05) is 25.8 Å². The predicted octanol–water partition coefficient (Wildman–Crippen LogP) is 4.72. The lowest BCUT2D eigenvalue weighted by atomic mass is 9.79. The maximum Gasteiger partial charge on any atom is 0.411 e. The van der Waals surface area contributed by atoms with E-state index in [0.29, 0.717) is 36.8 Å². The van der Waals surface area contributed by atoms with Crippen LogP contribution in [0.3, 0.4) is 0 Å². The van der Waals surface area contributed by atoms with Gasteiger partial charge in [-0.1, -0.05) is 6.08 Å². The minimum Gasteiger partial charge on any atom is -0.467 e. The van der Waals surface area contributed by atoms with Crippen LogP contribution in [0.2, 0.25) is 0 Å². The number of amides is 1. The van der Waals surface area contributed by atoms with Crippen molar-refractivity contribution in [3.8, 4) is 0 Å². The summed E-state index contributed by atoms with van der Waals surface area (Å²) in [4.78, 5) is 31.4. The summed E-state index contributed by atoms with van der Waals surface area (Å²) in [6.45, 7) is 16.6. The number of likely N-dealkylation sites (N-methyl/N-ethyl adjacent to an activating group) is 1. The molecule has 1 aromatic rings. The largest absolute Gasteiger partial charge is 0.467 e. The van der Waals surface area contributed by atoms with Crippen LogP contribution in [0.1, 0.15) is 56.7 Å². The van der Waals surface area contributed by atoms with Gasteiger partial charge < -0.3 is 14.3 Å². The van der Waals surface area contributed by atoms with E-state index in [1.807, 2.05) is 0 Å². The van der Waals surface area contributed by atoms with Gasteiger partial charge in [-0.05, 0) is 56.9 Å². The Morgan fingerprint density at radius 1 is 1.35 bits per heavy atom. The minimum absolute atomic E-state index is 0.270. The number of carbonyl (C=O) groups is 2. The molecule has 2 aliphatic rings. The van der Waals surface area contributed by atoms with Gasteiger partial charge in [0.05, 0.1) is 12.7 Å². The molecule has 0 bridgehead atoms. The van der Waals surface area contributed by atoms with Gasteiger partial charge >= 0.3 is 12.1 Å². The summed E-state index contributed by atoms with van der Waals surface area (Å²) in [5.74, 6) is -1.50. The van der Waals surface area contributed by atoms with E-state index < -0.39 is 40.5 Å². The molecule has 0 spiro atoms. The predicted molar refractivity (Wildman–Crippen MR) is 114 cm³/mol. The number of esters is 1. The van der Waals surface area contributed by atoms with E-state index in [1.165, 1.54) is 25.1 Å². The first-order chi connectivity index (χ1) is 14.5. The fraction of sp³-hybridized carbons (Fsp3) is 0.542. The highest BCUT2D eigenvalue weighted by molar-refractivity contribution is 5.89. The molecule has 0 aliphatic heterocycles. The molecule has 3 rings (SSSR count). The Kier molecular flexibility index (Phi) is 5.64. The summed E-state index contributed by atoms with van der Waals surface area (Å²) in [6.07, 6.45) is 2.89. The SMILES string of the molecule is [C-]#[N+]C1(c2cc3c(cc2F)C[C@H](CC=C)[C@@]3(C(=O)OC)N(C)C(=O)OC(C)(C)C)CC1. The first-order valence-electron chi connectivity index (χ1n) is 10.3. The summed E-state index contributed by atoms with van der Waals surface area (Å²) < 4.78 is 25.8. The molecule has 1 saturated carbocycles. The lowest BCUT2D eigenvalue weighted by molar-refractivity contribution is -0.158. The molecule has 0 N–H and O–H groups in total. The van der Waals surface area contributed by atoms with Gasteiger partial charge in [0.25, 0.3) is 5.54 Å². The van der Waals surface area contributed by atoms with Crippen molar-refractivity contribution in [2.45, 2.75) is 63.1 Å². The Morgan fingerprint density at radius 2 is 2.00 bits per heavy atom. The number of methoxy groups -OCH3 is 1. The Morgan fingerprint density at radius 3 is 2.48 bits per heavy atom. The van der Waals surface area contributed by atoms with E-state index in [4.69, 9.17) is 16.0 Å². The molecule has 0 heterocycles. The number of hydrogen-bond donors (Lipinski definition) is 0. The van der Waals surface area contributed by atoms with Crippen LogP contribution in [-0.2, 0) is 31.8 Å². The van der Waals surface area contributed by atoms with Crippen molar-refractivity contribution in [2.24, 2.45) is 5.92 Å². The lowest BCUT2D eigenvalue weighted by Gasteiger charge is -2.41. The van der Waals surface area contributed by atoms with E-state index in [0.717, 1.165) is 0 Å². The number of carbonyl (C=O) groups excluding carboxylic acids is 2. The van der Waals surface area contributed by atoms with Gasteiger partial charge in [-0.15, -0.1) is 6.58 Å². The molecule has 2 atom stereocenters. The molecule has 1 amide bonds. The minimum atomic E-state index is -1.51. The summed E-state index contributed by atoms with van der Waals surface area (Å²) in [6, 6.07) is 3.00. The average Bonchev–Trinajstić information content (AvgIpc) is 3.42. The van der Waals surface area contributed by atoms with E-state index in [-0.39, 0.29) is 5.56 Å². The first kappa shape index (κ1) is 22.8. The highest BCUT2D eigenvalue weighted by Crippen LogP contribution is 2.54. The maximum absolute atomic E-state index is 15.0. The first-order valence-corrected chi connectivity index (χ1v) is 10.3. The van der Waals surface area contributed by atoms with E-state index in [2.05, 4.69) is 11.4 Å². The van der Waals surface area contributed by atoms with Crippen LogP contribution < -0.4 is 0 Å². The second-order valence-corrected chi connectivity index (χ2v) is 9.36. The van der Waals surface area contributed by atoms with Gasteiger partial charge in [0.2, 0.25) is 0 Å². The molecule has 1 fully saturated rings. The topological polar surface area (TPSA) is 60.2 Å². The van der Waals surface area contributed by atoms with E-state index in [1.54, 1.807) is 32.9 Å². The van der Waals surface area contributed by atoms with Crippen LogP contribution in [0, 0.1) is 18.3 Å². The van der Waals surface area contributed by atoms with Gasteiger partial charge in [0.1, 0.15) is 11.4 Å². The van der Waals surface area contributed by atoms with Crippen molar-refractivity contribution in [3.05, 3.63) is 58.7 Å². The van der Waals surface area contributed by atoms with Crippen LogP contribution in [0.4, 0.5) is 9.18 Å². The highest BCUT2D eigenvalue weighted by Gasteiger charge is 2.61. The maximum atomic E-state index is 15.0. The summed E-state index contributed by atoms with van der Waals surface area (Å²) in [7, 11) is 2.77. The standard InChI is InChI=1S/C24H29FN2O4/c1-8-9-16-12-15-13-19(25)18(23(26-5)10-11-23)14-17(15)24(16,20(28)30-7)27(6)21(29)31-22(2,3)4/h8,13-14,16H,1,9-12H2,2-4,6-7H3/t16-,24+/m0/s1. The van der Waals surface area contributed by atoms with Crippen molar-refractivity contribution in [1.82, 2.24) is 4.90 Å². The number of allylic oxidation sites excluding steroid dienone is 1. The smallest absolute Gasteiger partial charge is 0.411 e. The number of rotatable bonds is 5. The van der Waals surface area contributed by atoms with E-state index in [9.17, 15) is 9.59 Å². The molecule has 6 nitrogen and oxygen atoms in total. The zero-order chi connectivity index (χ0) is 23.2. The monoisotopic (exact) mass is 428 g/mol. The van der Waals surface area contributed by atoms with Crippen LogP contribution in [0.5, 0.6) is 0 Å². The number of halogens is 1. The molecule has 2 aliphatic carbocycles. The van der Waals surface area contributed by atoms with Crippen LogP contribution in [0.15, 0.2) is 24.8 Å². The number of fused-ring (bicyclic) bond motifs is 1. The average molecular weight is 429 g/mol. The summed E-state index contributed by atoms with van der Waals surface area (Å²) in [5.41, 5.74) is -1.80. The molecule has 166 valence electrons. The van der Waals surface area contributed by atoms with Gasteiger partial charge in [0.15, 0.2) is 5.54 Å². The van der Waals surface area contributed by atoms with Crippen LogP contribution in [0.25, 0.3) is 4.85 Å². The Bertz CT molecular complexity index is 971. The number of benzene rings is 1. The zero-order valence-corrected chi connectivity index (χ0v) is 18.8. The van der Waals surface area contributed by atoms with Crippen molar-refractivity contribution >= 4 is 12.1 Å². The lowest BCUT2D eigenvalue weighted by Crippen LogP contribution is -2.57. The molecule has 0 saturated heterocycles. The number of ether oxygens (including phenoxy) is 2. The van der Waals surface area contributed by atoms with Crippen molar-refractivity contribution < 1.29 is 23.5 Å².